The average molecular weight is 433 g/mol. The van der Waals surface area contributed by atoms with E-state index in [4.69, 9.17) is 4.74 Å². The molecule has 1 aliphatic rings. The SMILES string of the molecule is CCOc1ccc(NC(C)=O)cc1S(=O)(=O)N(C(C)CC)C1CCS(=O)(=O)C1. The first kappa shape index (κ1) is 22.6. The molecule has 2 unspecified atom stereocenters. The summed E-state index contributed by atoms with van der Waals surface area (Å²) in [5.74, 6) is -0.366. The normalized spacial score (nSPS) is 20.1. The van der Waals surface area contributed by atoms with E-state index in [9.17, 15) is 21.6 Å². The Kier molecular flexibility index (Phi) is 7.11. The number of anilines is 1. The van der Waals surface area contributed by atoms with Crippen LogP contribution in [0.25, 0.3) is 0 Å². The molecule has 1 aromatic rings. The van der Waals surface area contributed by atoms with Crippen molar-refractivity contribution in [3.8, 4) is 5.75 Å². The molecule has 1 amide bonds. The quantitative estimate of drug-likeness (QED) is 0.673. The molecule has 1 saturated heterocycles. The Morgan fingerprint density at radius 3 is 2.54 bits per heavy atom. The zero-order valence-electron chi connectivity index (χ0n) is 16.6. The summed E-state index contributed by atoms with van der Waals surface area (Å²) in [7, 11) is -7.33. The molecule has 0 spiro atoms. The summed E-state index contributed by atoms with van der Waals surface area (Å²) < 4.78 is 58.0. The molecular weight excluding hydrogens is 404 g/mol. The van der Waals surface area contributed by atoms with Gasteiger partial charge >= 0.3 is 0 Å². The number of sulfonamides is 1. The molecule has 8 nitrogen and oxygen atoms in total. The van der Waals surface area contributed by atoms with E-state index in [1.165, 1.54) is 23.4 Å². The summed E-state index contributed by atoms with van der Waals surface area (Å²) in [5, 5.41) is 2.58. The van der Waals surface area contributed by atoms with Crippen LogP contribution in [0, 0.1) is 0 Å². The number of hydrogen-bond donors (Lipinski definition) is 1. The van der Waals surface area contributed by atoms with Crippen LogP contribution in [0.3, 0.4) is 0 Å². The van der Waals surface area contributed by atoms with Gasteiger partial charge in [-0.15, -0.1) is 0 Å². The van der Waals surface area contributed by atoms with Gasteiger partial charge in [0, 0.05) is 24.7 Å². The zero-order valence-corrected chi connectivity index (χ0v) is 18.3. The lowest BCUT2D eigenvalue weighted by atomic mass is 10.2. The number of carbonyl (C=O) groups excluding carboxylic acids is 1. The highest BCUT2D eigenvalue weighted by molar-refractivity contribution is 7.92. The van der Waals surface area contributed by atoms with Crippen molar-refractivity contribution in [1.82, 2.24) is 4.31 Å². The van der Waals surface area contributed by atoms with Crippen molar-refractivity contribution in [3.05, 3.63) is 18.2 Å². The van der Waals surface area contributed by atoms with Crippen molar-refractivity contribution in [2.45, 2.75) is 57.5 Å². The topological polar surface area (TPSA) is 110 Å². The molecule has 158 valence electrons. The number of nitrogens with one attached hydrogen (secondary N) is 1. The molecule has 0 aliphatic carbocycles. The molecule has 2 atom stereocenters. The van der Waals surface area contributed by atoms with Crippen molar-refractivity contribution in [2.75, 3.05) is 23.4 Å². The number of rotatable bonds is 8. The highest BCUT2D eigenvalue weighted by atomic mass is 32.2. The van der Waals surface area contributed by atoms with Crippen LogP contribution in [0.15, 0.2) is 23.1 Å². The number of sulfone groups is 1. The molecule has 1 N–H and O–H groups in total. The van der Waals surface area contributed by atoms with E-state index in [1.807, 2.05) is 6.92 Å². The average Bonchev–Trinajstić information content (AvgIpc) is 2.94. The van der Waals surface area contributed by atoms with Crippen molar-refractivity contribution >= 4 is 31.5 Å². The summed E-state index contributed by atoms with van der Waals surface area (Å²) in [6, 6.07) is 3.42. The zero-order chi connectivity index (χ0) is 21.1. The third-order valence-corrected chi connectivity index (χ3v) is 8.55. The first-order chi connectivity index (χ1) is 13.0. The van der Waals surface area contributed by atoms with Gasteiger partial charge in [0.15, 0.2) is 9.84 Å². The molecule has 1 aliphatic heterocycles. The van der Waals surface area contributed by atoms with Gasteiger partial charge in [0.2, 0.25) is 15.9 Å². The number of hydrogen-bond acceptors (Lipinski definition) is 6. The summed E-state index contributed by atoms with van der Waals surface area (Å²) in [5.41, 5.74) is 0.331. The molecular formula is C18H28N2O6S2. The van der Waals surface area contributed by atoms with Gasteiger partial charge in [0.1, 0.15) is 10.6 Å². The lowest BCUT2D eigenvalue weighted by molar-refractivity contribution is -0.114. The van der Waals surface area contributed by atoms with E-state index < -0.39 is 25.9 Å². The second-order valence-corrected chi connectivity index (χ2v) is 11.0. The van der Waals surface area contributed by atoms with E-state index in [-0.39, 0.29) is 47.1 Å². The Morgan fingerprint density at radius 1 is 1.36 bits per heavy atom. The molecule has 2 rings (SSSR count). The van der Waals surface area contributed by atoms with Crippen LogP contribution in [0.2, 0.25) is 0 Å². The third kappa shape index (κ3) is 5.03. The smallest absolute Gasteiger partial charge is 0.247 e. The van der Waals surface area contributed by atoms with Crippen LogP contribution >= 0.6 is 0 Å². The first-order valence-electron chi connectivity index (χ1n) is 9.30. The minimum atomic E-state index is -4.06. The summed E-state index contributed by atoms with van der Waals surface area (Å²) in [6.45, 7) is 6.96. The fraction of sp³-hybridized carbons (Fsp3) is 0.611. The standard InChI is InChI=1S/C18H28N2O6S2/c1-5-13(3)20(16-9-10-27(22,23)12-16)28(24,25)18-11-15(19-14(4)21)7-8-17(18)26-6-2/h7-8,11,13,16H,5-6,9-10,12H2,1-4H3,(H,19,21). The third-order valence-electron chi connectivity index (χ3n) is 4.71. The predicted octanol–water partition coefficient (Wildman–Crippen LogP) is 2.02. The Hall–Kier alpha value is -1.65. The van der Waals surface area contributed by atoms with Crippen molar-refractivity contribution in [3.63, 3.8) is 0 Å². The maximum Gasteiger partial charge on any atom is 0.247 e. The fourth-order valence-electron chi connectivity index (χ4n) is 3.33. The Labute approximate surface area is 167 Å². The van der Waals surface area contributed by atoms with Gasteiger partial charge in [0.05, 0.1) is 18.1 Å². The molecule has 10 heteroatoms. The van der Waals surface area contributed by atoms with E-state index in [2.05, 4.69) is 5.32 Å². The minimum Gasteiger partial charge on any atom is -0.492 e. The Bertz CT molecular complexity index is 927. The minimum absolute atomic E-state index is 0.0234. The molecule has 1 aromatic carbocycles. The second kappa shape index (κ2) is 8.79. The molecule has 0 bridgehead atoms. The maximum absolute atomic E-state index is 13.6. The summed E-state index contributed by atoms with van der Waals surface area (Å²) >= 11 is 0. The molecule has 1 heterocycles. The lowest BCUT2D eigenvalue weighted by Gasteiger charge is -2.33. The van der Waals surface area contributed by atoms with Crippen LogP contribution in [0.1, 0.15) is 40.5 Å². The van der Waals surface area contributed by atoms with Crippen LogP contribution < -0.4 is 10.1 Å². The van der Waals surface area contributed by atoms with Gasteiger partial charge in [-0.3, -0.25) is 4.79 Å². The van der Waals surface area contributed by atoms with Crippen LogP contribution in [0.5, 0.6) is 5.75 Å². The highest BCUT2D eigenvalue weighted by Gasteiger charge is 2.42. The number of benzene rings is 1. The molecule has 1 fully saturated rings. The number of carbonyl (C=O) groups is 1. The molecule has 0 radical (unpaired) electrons. The van der Waals surface area contributed by atoms with E-state index in [1.54, 1.807) is 19.9 Å². The van der Waals surface area contributed by atoms with Crippen molar-refractivity contribution in [2.24, 2.45) is 0 Å². The van der Waals surface area contributed by atoms with E-state index in [0.29, 0.717) is 12.1 Å². The van der Waals surface area contributed by atoms with E-state index >= 15 is 0 Å². The maximum atomic E-state index is 13.6. The van der Waals surface area contributed by atoms with Gasteiger partial charge in [-0.2, -0.15) is 4.31 Å². The number of amides is 1. The highest BCUT2D eigenvalue weighted by Crippen LogP contribution is 2.34. The van der Waals surface area contributed by atoms with Gasteiger partial charge < -0.3 is 10.1 Å². The molecule has 0 saturated carbocycles. The van der Waals surface area contributed by atoms with Gasteiger partial charge in [-0.25, -0.2) is 16.8 Å². The predicted molar refractivity (Wildman–Crippen MR) is 108 cm³/mol. The monoisotopic (exact) mass is 432 g/mol. The van der Waals surface area contributed by atoms with Gasteiger partial charge in [-0.1, -0.05) is 6.92 Å². The van der Waals surface area contributed by atoms with Crippen molar-refractivity contribution in [1.29, 1.82) is 0 Å². The van der Waals surface area contributed by atoms with Gasteiger partial charge in [-0.05, 0) is 44.9 Å². The summed E-state index contributed by atoms with van der Waals surface area (Å²) in [6.07, 6.45) is 0.798. The summed E-state index contributed by atoms with van der Waals surface area (Å²) in [4.78, 5) is 11.3. The number of ether oxygens (including phenoxy) is 1. The second-order valence-electron chi connectivity index (χ2n) is 6.92. The molecule has 28 heavy (non-hydrogen) atoms. The van der Waals surface area contributed by atoms with Crippen LogP contribution in [-0.2, 0) is 24.7 Å². The largest absolute Gasteiger partial charge is 0.492 e. The fourth-order valence-corrected chi connectivity index (χ4v) is 7.21. The van der Waals surface area contributed by atoms with E-state index in [0.717, 1.165) is 0 Å². The Balaban J connectivity index is 2.58. The first-order valence-corrected chi connectivity index (χ1v) is 12.6. The Morgan fingerprint density at radius 2 is 2.04 bits per heavy atom. The van der Waals surface area contributed by atoms with Crippen LogP contribution in [0.4, 0.5) is 5.69 Å². The molecule has 0 aromatic heterocycles. The van der Waals surface area contributed by atoms with Gasteiger partial charge in [0.25, 0.3) is 0 Å². The van der Waals surface area contributed by atoms with Crippen molar-refractivity contribution < 1.29 is 26.4 Å². The van der Waals surface area contributed by atoms with Crippen LogP contribution in [-0.4, -0.2) is 57.2 Å². The number of nitrogens with zero attached hydrogens (tertiary/aromatic N) is 1. The lowest BCUT2D eigenvalue weighted by Crippen LogP contribution is -2.46.